The van der Waals surface area contributed by atoms with Crippen molar-refractivity contribution in [1.82, 2.24) is 0 Å². The SMILES string of the molecule is C=C(O)C(C)(C)Oc1ccc(CCCC=NC2=CC3=CC=CC=CC3C=C2C)cc1. The van der Waals surface area contributed by atoms with Gasteiger partial charge >= 0.3 is 0 Å². The van der Waals surface area contributed by atoms with E-state index in [1.54, 1.807) is 13.8 Å². The first-order valence-corrected chi connectivity index (χ1v) is 10.5. The molecule has 0 heterocycles. The Bertz CT molecular complexity index is 953. The Morgan fingerprint density at radius 1 is 1.20 bits per heavy atom. The van der Waals surface area contributed by atoms with E-state index in [1.165, 1.54) is 16.7 Å². The second-order valence-corrected chi connectivity index (χ2v) is 8.25. The molecular weight excluding hydrogens is 370 g/mol. The molecule has 3 heteroatoms. The van der Waals surface area contributed by atoms with E-state index in [-0.39, 0.29) is 5.76 Å². The first kappa shape index (κ1) is 21.6. The van der Waals surface area contributed by atoms with Crippen LogP contribution in [-0.4, -0.2) is 16.9 Å². The topological polar surface area (TPSA) is 41.8 Å². The van der Waals surface area contributed by atoms with Crippen LogP contribution in [-0.2, 0) is 6.42 Å². The molecule has 0 spiro atoms. The number of benzene rings is 1. The highest BCUT2D eigenvalue weighted by Crippen LogP contribution is 2.30. The molecule has 3 rings (SSSR count). The second-order valence-electron chi connectivity index (χ2n) is 8.25. The second kappa shape index (κ2) is 9.62. The highest BCUT2D eigenvalue weighted by atomic mass is 16.5. The lowest BCUT2D eigenvalue weighted by Gasteiger charge is -2.25. The van der Waals surface area contributed by atoms with Gasteiger partial charge in [-0.25, -0.2) is 0 Å². The van der Waals surface area contributed by atoms with Gasteiger partial charge < -0.3 is 9.84 Å². The summed E-state index contributed by atoms with van der Waals surface area (Å²) < 4.78 is 5.79. The summed E-state index contributed by atoms with van der Waals surface area (Å²) in [4.78, 5) is 4.71. The van der Waals surface area contributed by atoms with Gasteiger partial charge in [-0.1, -0.05) is 55.2 Å². The Balaban J connectivity index is 1.49. The van der Waals surface area contributed by atoms with Crippen molar-refractivity contribution in [1.29, 1.82) is 0 Å². The summed E-state index contributed by atoms with van der Waals surface area (Å²) in [6, 6.07) is 8.02. The number of aliphatic hydroxyl groups is 1. The molecule has 0 amide bonds. The molecule has 3 nitrogen and oxygen atoms in total. The maximum absolute atomic E-state index is 9.59. The molecule has 1 aromatic rings. The van der Waals surface area contributed by atoms with Crippen LogP contribution in [0.25, 0.3) is 0 Å². The third kappa shape index (κ3) is 5.73. The Morgan fingerprint density at radius 2 is 1.97 bits per heavy atom. The van der Waals surface area contributed by atoms with Crippen molar-refractivity contribution in [2.45, 2.75) is 45.6 Å². The van der Waals surface area contributed by atoms with E-state index in [1.807, 2.05) is 18.3 Å². The normalized spacial score (nSPS) is 18.4. The predicted octanol–water partition coefficient (Wildman–Crippen LogP) is 6.82. The van der Waals surface area contributed by atoms with Crippen molar-refractivity contribution >= 4 is 6.21 Å². The van der Waals surface area contributed by atoms with E-state index in [4.69, 9.17) is 9.73 Å². The molecule has 2 aliphatic rings. The number of ether oxygens (including phenoxy) is 1. The van der Waals surface area contributed by atoms with Crippen LogP contribution in [0.1, 0.15) is 39.2 Å². The fraction of sp³-hybridized carbons (Fsp3) is 0.296. The fourth-order valence-electron chi connectivity index (χ4n) is 3.34. The molecule has 0 radical (unpaired) electrons. The average Bonchev–Trinajstić information content (AvgIpc) is 2.93. The van der Waals surface area contributed by atoms with Crippen molar-refractivity contribution < 1.29 is 9.84 Å². The van der Waals surface area contributed by atoms with Crippen LogP contribution < -0.4 is 4.74 Å². The van der Waals surface area contributed by atoms with Crippen LogP contribution in [0.5, 0.6) is 5.75 Å². The molecule has 1 atom stereocenters. The number of unbranched alkanes of at least 4 members (excludes halogenated alkanes) is 1. The van der Waals surface area contributed by atoms with E-state index in [2.05, 4.69) is 68.2 Å². The molecule has 1 aromatic carbocycles. The van der Waals surface area contributed by atoms with Crippen LogP contribution in [0.4, 0.5) is 0 Å². The van der Waals surface area contributed by atoms with Crippen LogP contribution in [0.2, 0.25) is 0 Å². The number of aryl methyl sites for hydroxylation is 1. The maximum Gasteiger partial charge on any atom is 0.159 e. The zero-order valence-corrected chi connectivity index (χ0v) is 18.1. The molecule has 2 aliphatic carbocycles. The first-order valence-electron chi connectivity index (χ1n) is 10.5. The Kier molecular flexibility index (Phi) is 6.94. The molecule has 0 saturated carbocycles. The summed E-state index contributed by atoms with van der Waals surface area (Å²) in [7, 11) is 0. The zero-order chi connectivity index (χ0) is 21.6. The van der Waals surface area contributed by atoms with E-state index in [9.17, 15) is 5.11 Å². The fourth-order valence-corrected chi connectivity index (χ4v) is 3.34. The minimum absolute atomic E-state index is 0.0165. The van der Waals surface area contributed by atoms with Crippen LogP contribution in [0.15, 0.2) is 101 Å². The standard InChI is InChI=1S/C27H31NO2/c1-20-18-23-11-6-5-7-12-24(23)19-26(20)28-17-9-8-10-22-13-15-25(16-14-22)30-27(3,4)21(2)29/h5-7,11-19,23,29H,2,8-10H2,1,3-4H3. The van der Waals surface area contributed by atoms with E-state index >= 15 is 0 Å². The van der Waals surface area contributed by atoms with Gasteiger partial charge in [0.25, 0.3) is 0 Å². The molecule has 156 valence electrons. The largest absolute Gasteiger partial charge is 0.509 e. The summed E-state index contributed by atoms with van der Waals surface area (Å²) in [6.07, 6.45) is 20.1. The zero-order valence-electron chi connectivity index (χ0n) is 18.1. The lowest BCUT2D eigenvalue weighted by Crippen LogP contribution is -2.30. The summed E-state index contributed by atoms with van der Waals surface area (Å²) in [5.74, 6) is 1.09. The van der Waals surface area contributed by atoms with Gasteiger partial charge in [0.2, 0.25) is 0 Å². The van der Waals surface area contributed by atoms with Gasteiger partial charge in [-0.15, -0.1) is 0 Å². The number of nitrogens with zero attached hydrogens (tertiary/aromatic N) is 1. The summed E-state index contributed by atoms with van der Waals surface area (Å²) in [6.45, 7) is 9.28. The lowest BCUT2D eigenvalue weighted by molar-refractivity contribution is 0.0974. The third-order valence-corrected chi connectivity index (χ3v) is 5.37. The minimum atomic E-state index is -0.794. The number of aliphatic hydroxyl groups excluding tert-OH is 1. The average molecular weight is 402 g/mol. The van der Waals surface area contributed by atoms with Gasteiger partial charge in [-0.05, 0) is 75.0 Å². The Labute approximate surface area is 180 Å². The molecule has 0 fully saturated rings. The number of hydrogen-bond donors (Lipinski definition) is 1. The molecule has 30 heavy (non-hydrogen) atoms. The minimum Gasteiger partial charge on any atom is -0.509 e. The van der Waals surface area contributed by atoms with Gasteiger partial charge in [0, 0.05) is 12.1 Å². The van der Waals surface area contributed by atoms with E-state index in [0.717, 1.165) is 30.7 Å². The maximum atomic E-state index is 9.59. The van der Waals surface area contributed by atoms with Gasteiger partial charge in [0.15, 0.2) is 5.60 Å². The van der Waals surface area contributed by atoms with Gasteiger partial charge in [0.1, 0.15) is 11.5 Å². The predicted molar refractivity (Wildman–Crippen MR) is 126 cm³/mol. The summed E-state index contributed by atoms with van der Waals surface area (Å²) >= 11 is 0. The highest BCUT2D eigenvalue weighted by Gasteiger charge is 2.23. The molecule has 0 bridgehead atoms. The summed E-state index contributed by atoms with van der Waals surface area (Å²) in [5.41, 5.74) is 4.03. The first-order chi connectivity index (χ1) is 14.3. The van der Waals surface area contributed by atoms with Crippen molar-refractivity contribution in [2.75, 3.05) is 0 Å². The number of rotatable bonds is 8. The van der Waals surface area contributed by atoms with E-state index in [0.29, 0.717) is 5.92 Å². The van der Waals surface area contributed by atoms with Crippen molar-refractivity contribution in [2.24, 2.45) is 10.9 Å². The number of aliphatic imine (C=N–C) groups is 1. The lowest BCUT2D eigenvalue weighted by atomic mass is 9.89. The van der Waals surface area contributed by atoms with Gasteiger partial charge in [-0.3, -0.25) is 4.99 Å². The quantitative estimate of drug-likeness (QED) is 0.295. The molecule has 0 aromatic heterocycles. The number of fused-ring (bicyclic) bond motifs is 1. The monoisotopic (exact) mass is 401 g/mol. The Morgan fingerprint density at radius 3 is 2.70 bits per heavy atom. The van der Waals surface area contributed by atoms with Gasteiger partial charge in [-0.2, -0.15) is 0 Å². The van der Waals surface area contributed by atoms with Crippen LogP contribution in [0, 0.1) is 5.92 Å². The van der Waals surface area contributed by atoms with Crippen molar-refractivity contribution in [3.8, 4) is 5.75 Å². The van der Waals surface area contributed by atoms with Crippen molar-refractivity contribution in [3.63, 3.8) is 0 Å². The summed E-state index contributed by atoms with van der Waals surface area (Å²) in [5, 5.41) is 9.59. The molecule has 1 unspecified atom stereocenters. The number of hydrogen-bond acceptors (Lipinski definition) is 3. The third-order valence-electron chi connectivity index (χ3n) is 5.37. The van der Waals surface area contributed by atoms with Gasteiger partial charge in [0.05, 0.1) is 5.70 Å². The molecular formula is C27H31NO2. The van der Waals surface area contributed by atoms with Crippen molar-refractivity contribution in [3.05, 3.63) is 102 Å². The molecule has 1 N–H and O–H groups in total. The number of allylic oxidation sites excluding steroid dienone is 9. The smallest absolute Gasteiger partial charge is 0.159 e. The Hall–Kier alpha value is -3.07. The van der Waals surface area contributed by atoms with Crippen LogP contribution >= 0.6 is 0 Å². The van der Waals surface area contributed by atoms with E-state index < -0.39 is 5.60 Å². The molecule has 0 saturated heterocycles. The molecule has 0 aliphatic heterocycles. The van der Waals surface area contributed by atoms with Crippen LogP contribution in [0.3, 0.4) is 0 Å². The highest BCUT2D eigenvalue weighted by molar-refractivity contribution is 5.62.